The van der Waals surface area contributed by atoms with Crippen LogP contribution < -0.4 is 10.6 Å². The fraction of sp³-hybridized carbons (Fsp3) is 0.133. The molecule has 0 saturated heterocycles. The number of benzene rings is 1. The number of halogens is 1. The Bertz CT molecular complexity index is 632. The molecule has 21 heavy (non-hydrogen) atoms. The van der Waals surface area contributed by atoms with Crippen molar-refractivity contribution in [1.82, 2.24) is 15.6 Å². The SMILES string of the molecule is O=C(NCCNC(=O)c1ccccc1F)c1ccccn1. The molecule has 1 heterocycles. The molecule has 0 aliphatic heterocycles. The van der Waals surface area contributed by atoms with Gasteiger partial charge < -0.3 is 10.6 Å². The molecular weight excluding hydrogens is 273 g/mol. The Morgan fingerprint density at radius 3 is 2.29 bits per heavy atom. The summed E-state index contributed by atoms with van der Waals surface area (Å²) in [5.41, 5.74) is 0.284. The van der Waals surface area contributed by atoms with Gasteiger partial charge in [0.15, 0.2) is 0 Å². The van der Waals surface area contributed by atoms with Gasteiger partial charge in [-0.2, -0.15) is 0 Å². The van der Waals surface area contributed by atoms with E-state index in [9.17, 15) is 14.0 Å². The molecule has 5 nitrogen and oxygen atoms in total. The molecule has 2 rings (SSSR count). The van der Waals surface area contributed by atoms with Gasteiger partial charge in [-0.1, -0.05) is 18.2 Å². The van der Waals surface area contributed by atoms with E-state index in [4.69, 9.17) is 0 Å². The highest BCUT2D eigenvalue weighted by atomic mass is 19.1. The molecular formula is C15H14FN3O2. The molecule has 2 aromatic rings. The number of pyridine rings is 1. The van der Waals surface area contributed by atoms with Crippen molar-refractivity contribution < 1.29 is 14.0 Å². The van der Waals surface area contributed by atoms with Gasteiger partial charge in [0.25, 0.3) is 11.8 Å². The van der Waals surface area contributed by atoms with Crippen LogP contribution in [0.2, 0.25) is 0 Å². The molecule has 0 saturated carbocycles. The first-order valence-electron chi connectivity index (χ1n) is 6.40. The maximum Gasteiger partial charge on any atom is 0.269 e. The highest BCUT2D eigenvalue weighted by Gasteiger charge is 2.10. The minimum absolute atomic E-state index is 0.0199. The number of aromatic nitrogens is 1. The lowest BCUT2D eigenvalue weighted by atomic mass is 10.2. The molecule has 1 aromatic heterocycles. The Morgan fingerprint density at radius 1 is 0.952 bits per heavy atom. The average molecular weight is 287 g/mol. The fourth-order valence-corrected chi connectivity index (χ4v) is 1.68. The fourth-order valence-electron chi connectivity index (χ4n) is 1.68. The Morgan fingerprint density at radius 2 is 1.62 bits per heavy atom. The van der Waals surface area contributed by atoms with Crippen LogP contribution in [0.1, 0.15) is 20.8 Å². The van der Waals surface area contributed by atoms with Gasteiger partial charge in [0.2, 0.25) is 0 Å². The maximum absolute atomic E-state index is 13.4. The zero-order chi connectivity index (χ0) is 15.1. The molecule has 0 aliphatic carbocycles. The second-order valence-corrected chi connectivity index (χ2v) is 4.21. The summed E-state index contributed by atoms with van der Waals surface area (Å²) in [7, 11) is 0. The molecule has 0 radical (unpaired) electrons. The lowest BCUT2D eigenvalue weighted by Crippen LogP contribution is -2.35. The van der Waals surface area contributed by atoms with E-state index in [-0.39, 0.29) is 24.6 Å². The molecule has 0 atom stereocenters. The van der Waals surface area contributed by atoms with Crippen LogP contribution in [0.3, 0.4) is 0 Å². The quantitative estimate of drug-likeness (QED) is 0.816. The molecule has 0 unspecified atom stereocenters. The number of carbonyl (C=O) groups excluding carboxylic acids is 2. The Balaban J connectivity index is 1.76. The Labute approximate surface area is 121 Å². The normalized spacial score (nSPS) is 9.95. The van der Waals surface area contributed by atoms with Gasteiger partial charge in [0.05, 0.1) is 5.56 Å². The van der Waals surface area contributed by atoms with Crippen molar-refractivity contribution in [1.29, 1.82) is 0 Å². The first-order valence-corrected chi connectivity index (χ1v) is 6.40. The van der Waals surface area contributed by atoms with E-state index in [0.29, 0.717) is 5.69 Å². The average Bonchev–Trinajstić information content (AvgIpc) is 2.52. The van der Waals surface area contributed by atoms with Crippen molar-refractivity contribution in [2.24, 2.45) is 0 Å². The monoisotopic (exact) mass is 287 g/mol. The van der Waals surface area contributed by atoms with Crippen LogP contribution in [0.15, 0.2) is 48.7 Å². The summed E-state index contributed by atoms with van der Waals surface area (Å²) < 4.78 is 13.4. The third-order valence-corrected chi connectivity index (χ3v) is 2.71. The van der Waals surface area contributed by atoms with Crippen LogP contribution in [0.5, 0.6) is 0 Å². The van der Waals surface area contributed by atoms with Crippen molar-refractivity contribution in [3.63, 3.8) is 0 Å². The summed E-state index contributed by atoms with van der Waals surface area (Å²) in [4.78, 5) is 27.3. The van der Waals surface area contributed by atoms with E-state index in [1.54, 1.807) is 24.3 Å². The number of hydrogen-bond acceptors (Lipinski definition) is 3. The lowest BCUT2D eigenvalue weighted by Gasteiger charge is -2.07. The Kier molecular flexibility index (Phi) is 4.98. The lowest BCUT2D eigenvalue weighted by molar-refractivity contribution is 0.0923. The molecule has 2 amide bonds. The number of nitrogens with zero attached hydrogens (tertiary/aromatic N) is 1. The van der Waals surface area contributed by atoms with E-state index in [1.807, 2.05) is 0 Å². The Hall–Kier alpha value is -2.76. The number of carbonyl (C=O) groups is 2. The van der Waals surface area contributed by atoms with Crippen LogP contribution in [0.4, 0.5) is 4.39 Å². The minimum Gasteiger partial charge on any atom is -0.350 e. The second-order valence-electron chi connectivity index (χ2n) is 4.21. The number of amides is 2. The molecule has 108 valence electrons. The van der Waals surface area contributed by atoms with Gasteiger partial charge in [-0.05, 0) is 24.3 Å². The molecule has 6 heteroatoms. The summed E-state index contributed by atoms with van der Waals surface area (Å²) in [5, 5.41) is 5.14. The van der Waals surface area contributed by atoms with Crippen LogP contribution in [-0.4, -0.2) is 29.9 Å². The van der Waals surface area contributed by atoms with Crippen molar-refractivity contribution in [3.8, 4) is 0 Å². The summed E-state index contributed by atoms with van der Waals surface area (Å²) in [5.74, 6) is -1.41. The van der Waals surface area contributed by atoms with Crippen molar-refractivity contribution >= 4 is 11.8 Å². The first-order chi connectivity index (χ1) is 10.2. The summed E-state index contributed by atoms with van der Waals surface area (Å²) in [6, 6.07) is 10.7. The van der Waals surface area contributed by atoms with Gasteiger partial charge in [-0.3, -0.25) is 14.6 Å². The highest BCUT2D eigenvalue weighted by Crippen LogP contribution is 2.05. The van der Waals surface area contributed by atoms with E-state index in [1.165, 1.54) is 24.4 Å². The molecule has 0 fully saturated rings. The first kappa shape index (κ1) is 14.6. The zero-order valence-corrected chi connectivity index (χ0v) is 11.2. The molecule has 0 aliphatic rings. The second kappa shape index (κ2) is 7.14. The van der Waals surface area contributed by atoms with Crippen LogP contribution >= 0.6 is 0 Å². The number of rotatable bonds is 5. The number of nitrogens with one attached hydrogen (secondary N) is 2. The summed E-state index contributed by atoms with van der Waals surface area (Å²) in [6.45, 7) is 0.432. The van der Waals surface area contributed by atoms with Gasteiger partial charge in [-0.25, -0.2) is 4.39 Å². The van der Waals surface area contributed by atoms with Gasteiger partial charge in [0.1, 0.15) is 11.5 Å². The minimum atomic E-state index is -0.576. The summed E-state index contributed by atoms with van der Waals surface area (Å²) in [6.07, 6.45) is 1.52. The largest absolute Gasteiger partial charge is 0.350 e. The van der Waals surface area contributed by atoms with Crippen molar-refractivity contribution in [3.05, 3.63) is 65.7 Å². The molecule has 1 aromatic carbocycles. The summed E-state index contributed by atoms with van der Waals surface area (Å²) >= 11 is 0. The van der Waals surface area contributed by atoms with E-state index < -0.39 is 11.7 Å². The van der Waals surface area contributed by atoms with Crippen molar-refractivity contribution in [2.45, 2.75) is 0 Å². The highest BCUT2D eigenvalue weighted by molar-refractivity contribution is 5.94. The standard InChI is InChI=1S/C15H14FN3O2/c16-12-6-2-1-5-11(12)14(20)18-9-10-19-15(21)13-7-3-4-8-17-13/h1-8H,9-10H2,(H,18,20)(H,19,21). The molecule has 0 bridgehead atoms. The predicted molar refractivity (Wildman–Crippen MR) is 75.3 cm³/mol. The molecule has 2 N–H and O–H groups in total. The maximum atomic E-state index is 13.4. The van der Waals surface area contributed by atoms with E-state index >= 15 is 0 Å². The third-order valence-electron chi connectivity index (χ3n) is 2.71. The third kappa shape index (κ3) is 4.10. The van der Waals surface area contributed by atoms with Crippen LogP contribution in [-0.2, 0) is 0 Å². The van der Waals surface area contributed by atoms with Crippen molar-refractivity contribution in [2.75, 3.05) is 13.1 Å². The predicted octanol–water partition coefficient (Wildman–Crippen LogP) is 1.38. The van der Waals surface area contributed by atoms with Gasteiger partial charge in [0, 0.05) is 19.3 Å². The van der Waals surface area contributed by atoms with E-state index in [2.05, 4.69) is 15.6 Å². The van der Waals surface area contributed by atoms with Gasteiger partial charge in [-0.15, -0.1) is 0 Å². The smallest absolute Gasteiger partial charge is 0.269 e. The van der Waals surface area contributed by atoms with Crippen LogP contribution in [0.25, 0.3) is 0 Å². The molecule has 0 spiro atoms. The van der Waals surface area contributed by atoms with E-state index in [0.717, 1.165) is 0 Å². The topological polar surface area (TPSA) is 71.1 Å². The number of hydrogen-bond donors (Lipinski definition) is 2. The van der Waals surface area contributed by atoms with Crippen LogP contribution in [0, 0.1) is 5.82 Å². The van der Waals surface area contributed by atoms with Gasteiger partial charge >= 0.3 is 0 Å². The zero-order valence-electron chi connectivity index (χ0n) is 11.2.